The van der Waals surface area contributed by atoms with E-state index in [1.165, 1.54) is 0 Å². The Morgan fingerprint density at radius 1 is 1.17 bits per heavy atom. The molecule has 2 rings (SSSR count). The van der Waals surface area contributed by atoms with Crippen LogP contribution in [0.3, 0.4) is 0 Å². The van der Waals surface area contributed by atoms with Gasteiger partial charge in [-0.3, -0.25) is 4.79 Å². The third kappa shape index (κ3) is 5.58. The number of carbonyl (C=O) groups excluding carboxylic acids is 1. The SMILES string of the molecule is COc1cccc(C(C)NC(=O)[C@@H](N)Cc2ccccc2)c1.Cl. The zero-order valence-corrected chi connectivity index (χ0v) is 14.2. The van der Waals surface area contributed by atoms with Gasteiger partial charge in [0.2, 0.25) is 5.91 Å². The highest BCUT2D eigenvalue weighted by Gasteiger charge is 2.17. The fourth-order valence-electron chi connectivity index (χ4n) is 2.28. The van der Waals surface area contributed by atoms with Crippen molar-refractivity contribution in [1.29, 1.82) is 0 Å². The van der Waals surface area contributed by atoms with Gasteiger partial charge in [0, 0.05) is 0 Å². The van der Waals surface area contributed by atoms with Gasteiger partial charge in [0.15, 0.2) is 0 Å². The molecule has 2 atom stereocenters. The van der Waals surface area contributed by atoms with Gasteiger partial charge in [-0.1, -0.05) is 42.5 Å². The molecule has 0 aliphatic heterocycles. The van der Waals surface area contributed by atoms with E-state index in [1.807, 2.05) is 61.5 Å². The van der Waals surface area contributed by atoms with Crippen LogP contribution in [0.5, 0.6) is 5.75 Å². The Kier molecular flexibility index (Phi) is 7.59. The molecule has 0 radical (unpaired) electrons. The topological polar surface area (TPSA) is 64.3 Å². The van der Waals surface area contributed by atoms with Crippen molar-refractivity contribution in [2.24, 2.45) is 5.73 Å². The number of benzene rings is 2. The molecule has 0 fully saturated rings. The molecular weight excluding hydrogens is 312 g/mol. The predicted octanol–water partition coefficient (Wildman–Crippen LogP) is 2.86. The number of hydrogen-bond acceptors (Lipinski definition) is 3. The number of carbonyl (C=O) groups is 1. The number of rotatable bonds is 6. The van der Waals surface area contributed by atoms with E-state index in [4.69, 9.17) is 10.5 Å². The van der Waals surface area contributed by atoms with E-state index in [0.29, 0.717) is 6.42 Å². The van der Waals surface area contributed by atoms with Crippen LogP contribution >= 0.6 is 12.4 Å². The summed E-state index contributed by atoms with van der Waals surface area (Å²) in [5, 5.41) is 2.95. The van der Waals surface area contributed by atoms with Crippen LogP contribution in [-0.2, 0) is 11.2 Å². The van der Waals surface area contributed by atoms with Crippen LogP contribution in [0.2, 0.25) is 0 Å². The number of nitrogens with one attached hydrogen (secondary N) is 1. The molecule has 2 aromatic carbocycles. The second-order valence-electron chi connectivity index (χ2n) is 5.30. The smallest absolute Gasteiger partial charge is 0.237 e. The van der Waals surface area contributed by atoms with Crippen molar-refractivity contribution >= 4 is 18.3 Å². The fourth-order valence-corrected chi connectivity index (χ4v) is 2.28. The van der Waals surface area contributed by atoms with Crippen LogP contribution in [0.15, 0.2) is 54.6 Å². The lowest BCUT2D eigenvalue weighted by Gasteiger charge is -2.18. The van der Waals surface area contributed by atoms with Crippen molar-refractivity contribution in [1.82, 2.24) is 5.32 Å². The number of halogens is 1. The Hall–Kier alpha value is -2.04. The van der Waals surface area contributed by atoms with E-state index in [2.05, 4.69) is 5.32 Å². The molecule has 2 aromatic rings. The zero-order chi connectivity index (χ0) is 15.9. The molecule has 0 aliphatic rings. The van der Waals surface area contributed by atoms with Gasteiger partial charge in [0.05, 0.1) is 19.2 Å². The maximum atomic E-state index is 12.2. The molecule has 0 aliphatic carbocycles. The third-order valence-corrected chi connectivity index (χ3v) is 3.59. The first-order valence-electron chi connectivity index (χ1n) is 7.34. The molecule has 124 valence electrons. The summed E-state index contributed by atoms with van der Waals surface area (Å²) in [6.07, 6.45) is 0.525. The van der Waals surface area contributed by atoms with E-state index >= 15 is 0 Å². The summed E-state index contributed by atoms with van der Waals surface area (Å²) in [6.45, 7) is 1.93. The minimum atomic E-state index is -0.560. The monoisotopic (exact) mass is 334 g/mol. The van der Waals surface area contributed by atoms with Gasteiger partial charge in [0.1, 0.15) is 5.75 Å². The van der Waals surface area contributed by atoms with Crippen molar-refractivity contribution in [2.75, 3.05) is 7.11 Å². The maximum absolute atomic E-state index is 12.2. The lowest BCUT2D eigenvalue weighted by Crippen LogP contribution is -2.42. The largest absolute Gasteiger partial charge is 0.497 e. The first kappa shape index (κ1) is 19.0. The Balaban J connectivity index is 0.00000264. The van der Waals surface area contributed by atoms with Crippen molar-refractivity contribution in [3.05, 3.63) is 65.7 Å². The minimum Gasteiger partial charge on any atom is -0.497 e. The zero-order valence-electron chi connectivity index (χ0n) is 13.4. The molecule has 23 heavy (non-hydrogen) atoms. The van der Waals surface area contributed by atoms with Crippen LogP contribution < -0.4 is 15.8 Å². The summed E-state index contributed by atoms with van der Waals surface area (Å²) in [5.41, 5.74) is 8.04. The van der Waals surface area contributed by atoms with Crippen molar-refractivity contribution < 1.29 is 9.53 Å². The van der Waals surface area contributed by atoms with Crippen molar-refractivity contribution in [2.45, 2.75) is 25.4 Å². The van der Waals surface area contributed by atoms with Gasteiger partial charge >= 0.3 is 0 Å². The summed E-state index contributed by atoms with van der Waals surface area (Å²) in [5.74, 6) is 0.617. The molecule has 0 saturated carbocycles. The van der Waals surface area contributed by atoms with Gasteiger partial charge in [-0.05, 0) is 36.6 Å². The number of methoxy groups -OCH3 is 1. The molecule has 3 N–H and O–H groups in total. The lowest BCUT2D eigenvalue weighted by atomic mass is 10.0. The quantitative estimate of drug-likeness (QED) is 0.853. The van der Waals surface area contributed by atoms with E-state index in [0.717, 1.165) is 16.9 Å². The number of ether oxygens (including phenoxy) is 1. The average molecular weight is 335 g/mol. The normalized spacial score (nSPS) is 12.7. The highest BCUT2D eigenvalue weighted by Crippen LogP contribution is 2.18. The molecular formula is C18H23ClN2O2. The second-order valence-corrected chi connectivity index (χ2v) is 5.30. The average Bonchev–Trinajstić information content (AvgIpc) is 2.55. The Morgan fingerprint density at radius 3 is 2.52 bits per heavy atom. The lowest BCUT2D eigenvalue weighted by molar-refractivity contribution is -0.123. The van der Waals surface area contributed by atoms with Gasteiger partial charge < -0.3 is 15.8 Å². The van der Waals surface area contributed by atoms with Crippen molar-refractivity contribution in [3.63, 3.8) is 0 Å². The number of nitrogens with two attached hydrogens (primary N) is 1. The standard InChI is InChI=1S/C18H22N2O2.ClH/c1-13(15-9-6-10-16(12-15)22-2)20-18(21)17(19)11-14-7-4-3-5-8-14;/h3-10,12-13,17H,11,19H2,1-2H3,(H,20,21);1H/t13?,17-;/m0./s1. The third-order valence-electron chi connectivity index (χ3n) is 3.59. The summed E-state index contributed by atoms with van der Waals surface area (Å²) in [6, 6.07) is 16.7. The Morgan fingerprint density at radius 2 is 1.87 bits per heavy atom. The molecule has 1 amide bonds. The molecule has 4 nitrogen and oxygen atoms in total. The van der Waals surface area contributed by atoms with Crippen LogP contribution in [0, 0.1) is 0 Å². The van der Waals surface area contributed by atoms with Crippen LogP contribution in [0.1, 0.15) is 24.1 Å². The molecule has 0 bridgehead atoms. The van der Waals surface area contributed by atoms with E-state index < -0.39 is 6.04 Å². The van der Waals surface area contributed by atoms with E-state index in [-0.39, 0.29) is 24.4 Å². The van der Waals surface area contributed by atoms with Gasteiger partial charge in [-0.25, -0.2) is 0 Å². The van der Waals surface area contributed by atoms with Crippen LogP contribution in [0.4, 0.5) is 0 Å². The molecule has 0 aromatic heterocycles. The number of amides is 1. The predicted molar refractivity (Wildman–Crippen MR) is 94.9 cm³/mol. The van der Waals surface area contributed by atoms with Crippen LogP contribution in [-0.4, -0.2) is 19.1 Å². The first-order chi connectivity index (χ1) is 10.6. The molecule has 0 heterocycles. The number of hydrogen-bond donors (Lipinski definition) is 2. The fraction of sp³-hybridized carbons (Fsp3) is 0.278. The Labute approximate surface area is 143 Å². The van der Waals surface area contributed by atoms with Crippen molar-refractivity contribution in [3.8, 4) is 5.75 Å². The highest BCUT2D eigenvalue weighted by atomic mass is 35.5. The van der Waals surface area contributed by atoms with Gasteiger partial charge in [0.25, 0.3) is 0 Å². The summed E-state index contributed by atoms with van der Waals surface area (Å²) < 4.78 is 5.20. The van der Waals surface area contributed by atoms with Crippen LogP contribution in [0.25, 0.3) is 0 Å². The maximum Gasteiger partial charge on any atom is 0.237 e. The van der Waals surface area contributed by atoms with Gasteiger partial charge in [-0.15, -0.1) is 12.4 Å². The molecule has 0 saturated heterocycles. The van der Waals surface area contributed by atoms with Gasteiger partial charge in [-0.2, -0.15) is 0 Å². The first-order valence-corrected chi connectivity index (χ1v) is 7.34. The minimum absolute atomic E-state index is 0. The molecule has 1 unspecified atom stereocenters. The highest BCUT2D eigenvalue weighted by molar-refractivity contribution is 5.85. The summed E-state index contributed by atoms with van der Waals surface area (Å²) in [7, 11) is 1.62. The summed E-state index contributed by atoms with van der Waals surface area (Å²) >= 11 is 0. The van der Waals surface area contributed by atoms with E-state index in [1.54, 1.807) is 7.11 Å². The molecule has 0 spiro atoms. The van der Waals surface area contributed by atoms with E-state index in [9.17, 15) is 4.79 Å². The molecule has 5 heteroatoms. The second kappa shape index (κ2) is 9.18. The Bertz CT molecular complexity index is 619. The summed E-state index contributed by atoms with van der Waals surface area (Å²) in [4.78, 5) is 12.2.